The maximum Gasteiger partial charge on any atom is 0.250 e. The van der Waals surface area contributed by atoms with Crippen LogP contribution in [0.15, 0.2) is 55.6 Å². The maximum atomic E-state index is 12.0. The monoisotopic (exact) mass is 496 g/mol. The lowest BCUT2D eigenvalue weighted by molar-refractivity contribution is -0.118. The number of halogens is 2. The van der Waals surface area contributed by atoms with Crippen LogP contribution in [0.4, 0.5) is 0 Å². The summed E-state index contributed by atoms with van der Waals surface area (Å²) in [4.78, 5) is 16.5. The van der Waals surface area contributed by atoms with Gasteiger partial charge < -0.3 is 9.67 Å². The molecule has 0 aliphatic rings. The molecule has 2 aromatic carbocycles. The van der Waals surface area contributed by atoms with E-state index in [2.05, 4.69) is 47.4 Å². The molecule has 0 fully saturated rings. The Balaban J connectivity index is 1.60. The second kappa shape index (κ2) is 8.24. The summed E-state index contributed by atoms with van der Waals surface area (Å²) < 4.78 is 3.28. The van der Waals surface area contributed by atoms with E-state index in [9.17, 15) is 9.90 Å². The number of imidazole rings is 1. The number of hydrazone groups is 1. The van der Waals surface area contributed by atoms with E-state index in [-0.39, 0.29) is 17.4 Å². The van der Waals surface area contributed by atoms with E-state index >= 15 is 0 Å². The van der Waals surface area contributed by atoms with Crippen molar-refractivity contribution < 1.29 is 9.90 Å². The summed E-state index contributed by atoms with van der Waals surface area (Å²) in [6.07, 6.45) is 1.39. The number of fused-ring (bicyclic) bond motifs is 1. The summed E-state index contributed by atoms with van der Waals surface area (Å²) in [5.41, 5.74) is 4.85. The van der Waals surface area contributed by atoms with Crippen molar-refractivity contribution in [3.05, 3.63) is 50.9 Å². The van der Waals surface area contributed by atoms with Crippen LogP contribution in [0.2, 0.25) is 0 Å². The quantitative estimate of drug-likeness (QED) is 0.316. The summed E-state index contributed by atoms with van der Waals surface area (Å²) >= 11 is 7.92. The van der Waals surface area contributed by atoms with Crippen LogP contribution in [0.25, 0.3) is 11.0 Å². The molecule has 1 heterocycles. The predicted molar refractivity (Wildman–Crippen MR) is 111 cm³/mol. The van der Waals surface area contributed by atoms with Crippen molar-refractivity contribution in [2.45, 2.75) is 5.16 Å². The summed E-state index contributed by atoms with van der Waals surface area (Å²) in [6.45, 7) is 0. The third-order valence-corrected chi connectivity index (χ3v) is 5.62. The average molecular weight is 498 g/mol. The molecule has 2 N–H and O–H groups in total. The molecule has 0 unspecified atom stereocenters. The smallest absolute Gasteiger partial charge is 0.250 e. The molecule has 0 spiro atoms. The normalized spacial score (nSPS) is 11.3. The van der Waals surface area contributed by atoms with Gasteiger partial charge in [0.1, 0.15) is 5.75 Å². The minimum Gasteiger partial charge on any atom is -0.506 e. The first kappa shape index (κ1) is 18.9. The maximum absolute atomic E-state index is 12.0. The van der Waals surface area contributed by atoms with Gasteiger partial charge in [-0.1, -0.05) is 39.8 Å². The molecule has 0 aliphatic carbocycles. The Morgan fingerprint density at radius 1 is 1.38 bits per heavy atom. The van der Waals surface area contributed by atoms with Gasteiger partial charge in [-0.25, -0.2) is 10.4 Å². The molecule has 0 radical (unpaired) electrons. The Morgan fingerprint density at radius 3 is 2.92 bits per heavy atom. The van der Waals surface area contributed by atoms with Crippen LogP contribution < -0.4 is 5.43 Å². The molecule has 3 rings (SSSR count). The van der Waals surface area contributed by atoms with Gasteiger partial charge in [-0.2, -0.15) is 5.10 Å². The molecular formula is C17H14Br2N4O2S. The van der Waals surface area contributed by atoms with Gasteiger partial charge >= 0.3 is 0 Å². The molecule has 9 heteroatoms. The minimum atomic E-state index is -0.258. The molecule has 0 saturated carbocycles. The number of phenols is 1. The molecule has 134 valence electrons. The van der Waals surface area contributed by atoms with Crippen molar-refractivity contribution in [3.63, 3.8) is 0 Å². The van der Waals surface area contributed by atoms with Gasteiger partial charge in [-0.3, -0.25) is 4.79 Å². The summed E-state index contributed by atoms with van der Waals surface area (Å²) in [5.74, 6) is -0.0185. The first-order valence-electron chi connectivity index (χ1n) is 7.50. The van der Waals surface area contributed by atoms with E-state index in [1.165, 1.54) is 18.0 Å². The highest BCUT2D eigenvalue weighted by molar-refractivity contribution is 9.11. The highest BCUT2D eigenvalue weighted by Crippen LogP contribution is 2.30. The van der Waals surface area contributed by atoms with Crippen molar-refractivity contribution in [2.24, 2.45) is 12.1 Å². The third kappa shape index (κ3) is 4.28. The number of amides is 1. The number of aromatic nitrogens is 2. The number of para-hydroxylation sites is 2. The number of aromatic hydroxyl groups is 1. The second-order valence-corrected chi connectivity index (χ2v) is 8.06. The number of hydrogen-bond acceptors (Lipinski definition) is 5. The number of aryl methyl sites for hydroxylation is 1. The van der Waals surface area contributed by atoms with Crippen molar-refractivity contribution >= 4 is 66.8 Å². The van der Waals surface area contributed by atoms with Crippen molar-refractivity contribution in [3.8, 4) is 5.75 Å². The van der Waals surface area contributed by atoms with E-state index in [1.807, 2.05) is 35.9 Å². The van der Waals surface area contributed by atoms with Crippen LogP contribution in [-0.2, 0) is 11.8 Å². The van der Waals surface area contributed by atoms with Gasteiger partial charge in [0.25, 0.3) is 5.91 Å². The third-order valence-electron chi connectivity index (χ3n) is 3.53. The fraction of sp³-hybridized carbons (Fsp3) is 0.118. The minimum absolute atomic E-state index is 0.0558. The summed E-state index contributed by atoms with van der Waals surface area (Å²) in [5, 5.41) is 14.6. The van der Waals surface area contributed by atoms with Gasteiger partial charge in [0, 0.05) is 17.1 Å². The Bertz CT molecular complexity index is 1000. The number of thioether (sulfide) groups is 1. The molecule has 0 aliphatic heterocycles. The highest BCUT2D eigenvalue weighted by Gasteiger charge is 2.10. The molecule has 0 saturated heterocycles. The Hall–Kier alpha value is -1.84. The van der Waals surface area contributed by atoms with E-state index in [4.69, 9.17) is 0 Å². The average Bonchev–Trinajstić information content (AvgIpc) is 2.93. The molecular weight excluding hydrogens is 484 g/mol. The van der Waals surface area contributed by atoms with Crippen LogP contribution >= 0.6 is 43.6 Å². The number of carbonyl (C=O) groups is 1. The number of nitrogens with zero attached hydrogens (tertiary/aromatic N) is 3. The molecule has 1 aromatic heterocycles. The Morgan fingerprint density at radius 2 is 2.15 bits per heavy atom. The van der Waals surface area contributed by atoms with Gasteiger partial charge in [0.2, 0.25) is 0 Å². The molecule has 0 bridgehead atoms. The fourth-order valence-corrected chi connectivity index (χ4v) is 4.31. The molecule has 1 amide bonds. The van der Waals surface area contributed by atoms with Gasteiger partial charge in [0.05, 0.1) is 27.5 Å². The number of phenolic OH excluding ortho intramolecular Hbond substituents is 1. The van der Waals surface area contributed by atoms with Crippen molar-refractivity contribution in [1.29, 1.82) is 0 Å². The zero-order valence-corrected chi connectivity index (χ0v) is 17.6. The van der Waals surface area contributed by atoms with E-state index in [0.29, 0.717) is 10.0 Å². The van der Waals surface area contributed by atoms with Crippen LogP contribution in [0.5, 0.6) is 5.75 Å². The zero-order valence-electron chi connectivity index (χ0n) is 13.6. The number of carbonyl (C=O) groups excluding carboxylic acids is 1. The second-order valence-electron chi connectivity index (χ2n) is 5.35. The molecule has 26 heavy (non-hydrogen) atoms. The van der Waals surface area contributed by atoms with Gasteiger partial charge in [-0.15, -0.1) is 0 Å². The summed E-state index contributed by atoms with van der Waals surface area (Å²) in [7, 11) is 1.92. The van der Waals surface area contributed by atoms with Crippen LogP contribution in [0.1, 0.15) is 5.56 Å². The lowest BCUT2D eigenvalue weighted by Gasteiger charge is -2.03. The van der Waals surface area contributed by atoms with E-state index in [0.717, 1.165) is 20.7 Å². The first-order chi connectivity index (χ1) is 12.5. The van der Waals surface area contributed by atoms with Crippen LogP contribution in [-0.4, -0.2) is 32.5 Å². The van der Waals surface area contributed by atoms with Crippen molar-refractivity contribution in [2.75, 3.05) is 5.75 Å². The van der Waals surface area contributed by atoms with Gasteiger partial charge in [0.15, 0.2) is 5.16 Å². The topological polar surface area (TPSA) is 79.5 Å². The van der Waals surface area contributed by atoms with E-state index in [1.54, 1.807) is 12.1 Å². The Labute approximate surface area is 170 Å². The molecule has 6 nitrogen and oxygen atoms in total. The van der Waals surface area contributed by atoms with Crippen LogP contribution in [0, 0.1) is 0 Å². The van der Waals surface area contributed by atoms with Crippen LogP contribution in [0.3, 0.4) is 0 Å². The van der Waals surface area contributed by atoms with E-state index < -0.39 is 0 Å². The molecule has 3 aromatic rings. The van der Waals surface area contributed by atoms with Crippen molar-refractivity contribution in [1.82, 2.24) is 15.0 Å². The molecule has 0 atom stereocenters. The largest absolute Gasteiger partial charge is 0.506 e. The predicted octanol–water partition coefficient (Wildman–Crippen LogP) is 4.05. The number of rotatable bonds is 5. The van der Waals surface area contributed by atoms with Gasteiger partial charge in [-0.05, 0) is 40.2 Å². The fourth-order valence-electron chi connectivity index (χ4n) is 2.27. The summed E-state index contributed by atoms with van der Waals surface area (Å²) in [6, 6.07) is 11.2. The Kier molecular flexibility index (Phi) is 6.00. The lowest BCUT2D eigenvalue weighted by Crippen LogP contribution is -2.19. The first-order valence-corrected chi connectivity index (χ1v) is 10.1. The zero-order chi connectivity index (χ0) is 18.7. The number of nitrogens with one attached hydrogen (secondary N) is 1. The SMILES string of the molecule is Cn1c(SCC(=O)NN=Cc2cc(Br)cc(Br)c2O)nc2ccccc21. The highest BCUT2D eigenvalue weighted by atomic mass is 79.9. The lowest BCUT2D eigenvalue weighted by atomic mass is 10.2. The number of hydrogen-bond donors (Lipinski definition) is 2. The standard InChI is InChI=1S/C17H14Br2N4O2S/c1-23-14-5-3-2-4-13(14)21-17(23)26-9-15(24)22-20-8-10-6-11(18)7-12(19)16(10)25/h2-8,25H,9H2,1H3,(H,22,24). The number of benzene rings is 2.